The second-order valence-corrected chi connectivity index (χ2v) is 10.1. The Hall–Kier alpha value is -2.78. The maximum absolute atomic E-state index is 12.9. The highest BCUT2D eigenvalue weighted by Gasteiger charge is 2.32. The molecular weight excluding hydrogens is 462 g/mol. The zero-order valence-corrected chi connectivity index (χ0v) is 22.2. The molecule has 3 N–H and O–H groups in total. The van der Waals surface area contributed by atoms with Gasteiger partial charge in [-0.2, -0.15) is 0 Å². The molecule has 8 nitrogen and oxygen atoms in total. The molecule has 1 aliphatic rings. The minimum atomic E-state index is -0.942. The lowest BCUT2D eigenvalue weighted by Crippen LogP contribution is -2.60. The Bertz CT molecular complexity index is 1120. The Morgan fingerprint density at radius 2 is 2.00 bits per heavy atom. The van der Waals surface area contributed by atoms with Crippen LogP contribution in [-0.2, 0) is 4.79 Å². The SMILES string of the molecule is CCCCNC1CN(c2nc3cccc(C(=O)O)c3s2)CCC1NC(=O)/C(C)=N/C(C)=C(\C)CC. The number of allylic oxidation sites excluding steroid dienone is 2. The van der Waals surface area contributed by atoms with Crippen molar-refractivity contribution in [3.63, 3.8) is 0 Å². The number of hydrogen-bond donors (Lipinski definition) is 3. The summed E-state index contributed by atoms with van der Waals surface area (Å²) in [4.78, 5) is 36.0. The number of aromatic carboxylic acids is 1. The van der Waals surface area contributed by atoms with Crippen LogP contribution in [0.1, 0.15) is 70.7 Å². The maximum Gasteiger partial charge on any atom is 0.337 e. The van der Waals surface area contributed by atoms with Gasteiger partial charge in [-0.3, -0.25) is 9.79 Å². The molecule has 35 heavy (non-hydrogen) atoms. The molecule has 0 saturated carbocycles. The quantitative estimate of drug-likeness (QED) is 0.325. The first kappa shape index (κ1) is 26.8. The molecule has 1 fully saturated rings. The summed E-state index contributed by atoms with van der Waals surface area (Å²) < 4.78 is 0.693. The standard InChI is InChI=1S/C26H37N5O3S/c1-6-8-13-27-22-15-31(26-30-21-11-9-10-19(25(33)34)23(21)35-26)14-12-20(22)29-24(32)18(5)28-17(4)16(3)7-2/h9-11,20,22,27H,6-8,12-15H2,1-5H3,(H,29,32)(H,33,34)/b17-16+,28-18+. The van der Waals surface area contributed by atoms with Crippen molar-refractivity contribution in [1.82, 2.24) is 15.6 Å². The number of carboxylic acids is 1. The van der Waals surface area contributed by atoms with E-state index in [9.17, 15) is 14.7 Å². The number of anilines is 1. The zero-order valence-electron chi connectivity index (χ0n) is 21.4. The second kappa shape index (κ2) is 12.3. The van der Waals surface area contributed by atoms with Crippen molar-refractivity contribution in [3.8, 4) is 0 Å². The van der Waals surface area contributed by atoms with E-state index in [2.05, 4.69) is 34.4 Å². The average Bonchev–Trinajstić information content (AvgIpc) is 3.28. The largest absolute Gasteiger partial charge is 0.478 e. The fraction of sp³-hybridized carbons (Fsp3) is 0.538. The highest BCUT2D eigenvalue weighted by Crippen LogP contribution is 2.33. The van der Waals surface area contributed by atoms with Crippen LogP contribution in [0.4, 0.5) is 5.13 Å². The van der Waals surface area contributed by atoms with Crippen molar-refractivity contribution in [1.29, 1.82) is 0 Å². The molecular formula is C26H37N5O3S. The summed E-state index contributed by atoms with van der Waals surface area (Å²) in [6, 6.07) is 5.22. The second-order valence-electron chi connectivity index (χ2n) is 9.10. The van der Waals surface area contributed by atoms with Gasteiger partial charge in [-0.15, -0.1) is 0 Å². The first-order chi connectivity index (χ1) is 16.7. The lowest BCUT2D eigenvalue weighted by Gasteiger charge is -2.39. The van der Waals surface area contributed by atoms with Crippen LogP contribution in [-0.4, -0.2) is 59.4 Å². The number of amides is 1. The third-order valence-corrected chi connectivity index (χ3v) is 7.75. The molecule has 1 amide bonds. The minimum Gasteiger partial charge on any atom is -0.478 e. The summed E-state index contributed by atoms with van der Waals surface area (Å²) in [5, 5.41) is 17.2. The Balaban J connectivity index is 1.77. The molecule has 2 unspecified atom stereocenters. The number of carboxylic acid groups (broad SMARTS) is 1. The molecule has 2 atom stereocenters. The van der Waals surface area contributed by atoms with Gasteiger partial charge in [0.1, 0.15) is 5.71 Å². The Labute approximate surface area is 211 Å². The van der Waals surface area contributed by atoms with Crippen LogP contribution in [0.3, 0.4) is 0 Å². The number of carbonyl (C=O) groups excluding carboxylic acids is 1. The smallest absolute Gasteiger partial charge is 0.337 e. The molecule has 0 bridgehead atoms. The van der Waals surface area contributed by atoms with Gasteiger partial charge in [0.25, 0.3) is 5.91 Å². The van der Waals surface area contributed by atoms with Gasteiger partial charge in [0.05, 0.1) is 15.8 Å². The van der Waals surface area contributed by atoms with E-state index in [0.29, 0.717) is 22.5 Å². The van der Waals surface area contributed by atoms with Crippen molar-refractivity contribution in [2.24, 2.45) is 4.99 Å². The van der Waals surface area contributed by atoms with E-state index >= 15 is 0 Å². The van der Waals surface area contributed by atoms with Crippen LogP contribution in [0.2, 0.25) is 0 Å². The lowest BCUT2D eigenvalue weighted by atomic mass is 9.99. The Morgan fingerprint density at radius 1 is 1.23 bits per heavy atom. The van der Waals surface area contributed by atoms with Crippen LogP contribution in [0.5, 0.6) is 0 Å². The Kier molecular flexibility index (Phi) is 9.40. The molecule has 2 aromatic rings. The van der Waals surface area contributed by atoms with Gasteiger partial charge in [0, 0.05) is 30.9 Å². The zero-order chi connectivity index (χ0) is 25.5. The molecule has 0 radical (unpaired) electrons. The number of benzene rings is 1. The molecule has 0 spiro atoms. The predicted molar refractivity (Wildman–Crippen MR) is 144 cm³/mol. The van der Waals surface area contributed by atoms with Crippen LogP contribution in [0, 0.1) is 0 Å². The van der Waals surface area contributed by atoms with Crippen molar-refractivity contribution >= 4 is 44.3 Å². The van der Waals surface area contributed by atoms with Crippen molar-refractivity contribution in [2.45, 2.75) is 72.4 Å². The van der Waals surface area contributed by atoms with Crippen LogP contribution in [0.15, 0.2) is 34.5 Å². The fourth-order valence-electron chi connectivity index (χ4n) is 4.14. The van der Waals surface area contributed by atoms with E-state index < -0.39 is 5.97 Å². The molecule has 1 saturated heterocycles. The number of aliphatic imine (C=N–C) groups is 1. The highest BCUT2D eigenvalue weighted by molar-refractivity contribution is 7.22. The van der Waals surface area contributed by atoms with Crippen molar-refractivity contribution < 1.29 is 14.7 Å². The number of piperidine rings is 1. The maximum atomic E-state index is 12.9. The fourth-order valence-corrected chi connectivity index (χ4v) is 5.24. The summed E-state index contributed by atoms with van der Waals surface area (Å²) in [5.41, 5.74) is 3.52. The van der Waals surface area contributed by atoms with Gasteiger partial charge in [-0.25, -0.2) is 9.78 Å². The lowest BCUT2D eigenvalue weighted by molar-refractivity contribution is -0.115. The number of nitrogens with zero attached hydrogens (tertiary/aromatic N) is 3. The van der Waals surface area contributed by atoms with E-state index in [0.717, 1.165) is 49.6 Å². The highest BCUT2D eigenvalue weighted by atomic mass is 32.1. The molecule has 1 aliphatic heterocycles. The monoisotopic (exact) mass is 499 g/mol. The van der Waals surface area contributed by atoms with Gasteiger partial charge in [0.2, 0.25) is 0 Å². The third kappa shape index (κ3) is 6.67. The van der Waals surface area contributed by atoms with Crippen molar-refractivity contribution in [3.05, 3.63) is 35.0 Å². The van der Waals surface area contributed by atoms with Crippen LogP contribution in [0.25, 0.3) is 10.2 Å². The van der Waals surface area contributed by atoms with Gasteiger partial charge >= 0.3 is 5.97 Å². The summed E-state index contributed by atoms with van der Waals surface area (Å²) in [6.07, 6.45) is 3.81. The molecule has 190 valence electrons. The average molecular weight is 500 g/mol. The van der Waals surface area contributed by atoms with Gasteiger partial charge in [-0.05, 0) is 58.7 Å². The molecule has 9 heteroatoms. The van der Waals surface area contributed by atoms with E-state index in [4.69, 9.17) is 4.98 Å². The number of thiazole rings is 1. The predicted octanol–water partition coefficient (Wildman–Crippen LogP) is 4.61. The van der Waals surface area contributed by atoms with Crippen LogP contribution < -0.4 is 15.5 Å². The molecule has 1 aromatic carbocycles. The number of aromatic nitrogens is 1. The van der Waals surface area contributed by atoms with Gasteiger partial charge < -0.3 is 20.6 Å². The number of rotatable bonds is 10. The Morgan fingerprint density at radius 3 is 2.69 bits per heavy atom. The summed E-state index contributed by atoms with van der Waals surface area (Å²) in [5.74, 6) is -1.08. The van der Waals surface area contributed by atoms with E-state index in [1.54, 1.807) is 19.1 Å². The van der Waals surface area contributed by atoms with Crippen molar-refractivity contribution in [2.75, 3.05) is 24.5 Å². The van der Waals surface area contributed by atoms with E-state index in [1.165, 1.54) is 16.9 Å². The summed E-state index contributed by atoms with van der Waals surface area (Å²) >= 11 is 1.42. The molecule has 2 heterocycles. The van der Waals surface area contributed by atoms with Gasteiger partial charge in [-0.1, -0.05) is 43.2 Å². The summed E-state index contributed by atoms with van der Waals surface area (Å²) in [6.45, 7) is 12.3. The molecule has 1 aromatic heterocycles. The van der Waals surface area contributed by atoms with Crippen LogP contribution >= 0.6 is 11.3 Å². The number of unbranched alkanes of at least 4 members (excludes halogenated alkanes) is 1. The number of fused-ring (bicyclic) bond motifs is 1. The molecule has 0 aliphatic carbocycles. The molecule has 3 rings (SSSR count). The normalized spacial score (nSPS) is 19.6. The number of hydrogen-bond acceptors (Lipinski definition) is 7. The first-order valence-electron chi connectivity index (χ1n) is 12.4. The topological polar surface area (TPSA) is 107 Å². The first-order valence-corrected chi connectivity index (χ1v) is 13.2. The number of nitrogens with one attached hydrogen (secondary N) is 2. The van der Waals surface area contributed by atoms with E-state index in [-0.39, 0.29) is 23.6 Å². The summed E-state index contributed by atoms with van der Waals surface area (Å²) in [7, 11) is 0. The minimum absolute atomic E-state index is 0.0266. The number of carbonyl (C=O) groups is 2. The van der Waals surface area contributed by atoms with E-state index in [1.807, 2.05) is 19.9 Å². The van der Waals surface area contributed by atoms with Gasteiger partial charge in [0.15, 0.2) is 5.13 Å². The third-order valence-electron chi connectivity index (χ3n) is 6.58.